The van der Waals surface area contributed by atoms with E-state index in [2.05, 4.69) is 14.7 Å². The molecule has 4 rings (SSSR count). The fraction of sp³-hybridized carbons (Fsp3) is 0.286. The molecule has 38 heavy (non-hydrogen) atoms. The van der Waals surface area contributed by atoms with Crippen molar-refractivity contribution in [1.82, 2.24) is 14.7 Å². The number of nitrogens with two attached hydrogens (primary N) is 2. The Hall–Kier alpha value is -4.18. The van der Waals surface area contributed by atoms with Crippen molar-refractivity contribution in [2.75, 3.05) is 10.6 Å². The highest BCUT2D eigenvalue weighted by Crippen LogP contribution is 2.36. The number of H-pyrrole nitrogens is 1. The van der Waals surface area contributed by atoms with Crippen molar-refractivity contribution in [2.45, 2.75) is 52.1 Å². The van der Waals surface area contributed by atoms with Crippen molar-refractivity contribution in [3.63, 3.8) is 0 Å². The summed E-state index contributed by atoms with van der Waals surface area (Å²) in [5.41, 5.74) is 13.8. The van der Waals surface area contributed by atoms with Crippen molar-refractivity contribution >= 4 is 51.5 Å². The maximum absolute atomic E-state index is 14.2. The Labute approximate surface area is 225 Å². The molecule has 0 saturated heterocycles. The summed E-state index contributed by atoms with van der Waals surface area (Å²) < 4.78 is 4.02. The maximum atomic E-state index is 14.2. The molecule has 0 aliphatic carbocycles. The van der Waals surface area contributed by atoms with Gasteiger partial charge in [-0.05, 0) is 62.0 Å². The van der Waals surface area contributed by atoms with Crippen LogP contribution in [0.3, 0.4) is 0 Å². The minimum atomic E-state index is -1.06. The third-order valence-corrected chi connectivity index (χ3v) is 7.62. The fourth-order valence-electron chi connectivity index (χ4n) is 4.22. The first-order valence-corrected chi connectivity index (χ1v) is 13.2. The van der Waals surface area contributed by atoms with Crippen LogP contribution in [0.25, 0.3) is 10.9 Å². The van der Waals surface area contributed by atoms with Crippen molar-refractivity contribution < 1.29 is 14.4 Å². The van der Waals surface area contributed by atoms with Crippen LogP contribution in [0, 0.1) is 0 Å². The molecule has 1 atom stereocenters. The lowest BCUT2D eigenvalue weighted by Crippen LogP contribution is -2.50. The topological polar surface area (TPSA) is 147 Å². The second-order valence-electron chi connectivity index (χ2n) is 9.75. The molecule has 10 heteroatoms. The Morgan fingerprint density at radius 2 is 1.79 bits per heavy atom. The summed E-state index contributed by atoms with van der Waals surface area (Å²) in [6.45, 7) is 7.88. The number of para-hydroxylation sites is 1. The molecule has 0 bridgehead atoms. The first-order chi connectivity index (χ1) is 18.1. The average Bonchev–Trinajstić information content (AvgIpc) is 3.50. The molecular formula is C28H32N6O3S. The van der Waals surface area contributed by atoms with Crippen LogP contribution in [0.4, 0.5) is 11.4 Å². The zero-order valence-corrected chi connectivity index (χ0v) is 22.7. The van der Waals surface area contributed by atoms with E-state index in [0.717, 1.165) is 34.4 Å². The quantitative estimate of drug-likeness (QED) is 0.249. The third-order valence-electron chi connectivity index (χ3n) is 6.77. The van der Waals surface area contributed by atoms with Crippen molar-refractivity contribution in [1.29, 1.82) is 0 Å². The number of aromatic nitrogens is 2. The summed E-state index contributed by atoms with van der Waals surface area (Å²) in [5, 5.41) is 3.92. The minimum absolute atomic E-state index is 0.0331. The molecular weight excluding hydrogens is 500 g/mol. The van der Waals surface area contributed by atoms with E-state index >= 15 is 0 Å². The summed E-state index contributed by atoms with van der Waals surface area (Å²) in [6, 6.07) is 14.0. The van der Waals surface area contributed by atoms with Gasteiger partial charge in [-0.25, -0.2) is 0 Å². The van der Waals surface area contributed by atoms with Crippen LogP contribution < -0.4 is 21.7 Å². The molecule has 4 aromatic rings. The van der Waals surface area contributed by atoms with Crippen LogP contribution in [0.1, 0.15) is 71.4 Å². The molecule has 2 aromatic heterocycles. The van der Waals surface area contributed by atoms with Gasteiger partial charge >= 0.3 is 0 Å². The number of nitrogens with zero attached hydrogens (tertiary/aromatic N) is 2. The van der Waals surface area contributed by atoms with Crippen molar-refractivity contribution in [2.24, 2.45) is 5.73 Å². The molecule has 0 radical (unpaired) electrons. The lowest BCUT2D eigenvalue weighted by Gasteiger charge is -2.34. The number of benzene rings is 2. The number of primary amides is 1. The Bertz CT molecular complexity index is 1490. The van der Waals surface area contributed by atoms with Gasteiger partial charge in [0.2, 0.25) is 5.91 Å². The minimum Gasteiger partial charge on any atom is -0.395 e. The summed E-state index contributed by atoms with van der Waals surface area (Å²) >= 11 is 0.784. The van der Waals surface area contributed by atoms with E-state index in [4.69, 9.17) is 11.5 Å². The molecule has 0 spiro atoms. The first kappa shape index (κ1) is 26.9. The fourth-order valence-corrected chi connectivity index (χ4v) is 4.96. The molecule has 0 saturated carbocycles. The number of carbonyl (C=O) groups excluding carboxylic acids is 3. The van der Waals surface area contributed by atoms with Gasteiger partial charge in [0.15, 0.2) is 5.69 Å². The number of carbonyl (C=O) groups is 3. The highest BCUT2D eigenvalue weighted by atomic mass is 32.1. The second-order valence-corrected chi connectivity index (χ2v) is 10.5. The number of nitrogens with one attached hydrogen (secondary N) is 2. The number of amides is 3. The van der Waals surface area contributed by atoms with E-state index in [-0.39, 0.29) is 22.2 Å². The molecule has 9 nitrogen and oxygen atoms in total. The smallest absolute Gasteiger partial charge is 0.273 e. The van der Waals surface area contributed by atoms with Gasteiger partial charge in [0, 0.05) is 33.9 Å². The van der Waals surface area contributed by atoms with E-state index in [9.17, 15) is 14.4 Å². The Morgan fingerprint density at radius 1 is 1.11 bits per heavy atom. The largest absolute Gasteiger partial charge is 0.395 e. The molecule has 3 amide bonds. The van der Waals surface area contributed by atoms with Gasteiger partial charge in [0.25, 0.3) is 11.8 Å². The normalized spacial score (nSPS) is 12.3. The molecule has 0 fully saturated rings. The summed E-state index contributed by atoms with van der Waals surface area (Å²) in [6.07, 6.45) is 3.25. The second kappa shape index (κ2) is 10.7. The zero-order chi connectivity index (χ0) is 27.6. The number of aryl methyl sites for hydroxylation is 1. The monoisotopic (exact) mass is 532 g/mol. The van der Waals surface area contributed by atoms with Crippen LogP contribution in [-0.4, -0.2) is 32.6 Å². The predicted octanol–water partition coefficient (Wildman–Crippen LogP) is 4.56. The van der Waals surface area contributed by atoms with Gasteiger partial charge in [0.05, 0.1) is 5.69 Å². The van der Waals surface area contributed by atoms with Crippen LogP contribution in [0.15, 0.2) is 54.7 Å². The number of fused-ring (bicyclic) bond motifs is 1. The number of aromatic amines is 1. The van der Waals surface area contributed by atoms with E-state index in [1.807, 2.05) is 76.2 Å². The van der Waals surface area contributed by atoms with Crippen molar-refractivity contribution in [3.05, 3.63) is 76.4 Å². The number of anilines is 2. The van der Waals surface area contributed by atoms with Crippen LogP contribution in [0.5, 0.6) is 0 Å². The number of hydrogen-bond acceptors (Lipinski definition) is 6. The predicted molar refractivity (Wildman–Crippen MR) is 151 cm³/mol. The lowest BCUT2D eigenvalue weighted by molar-refractivity contribution is -0.124. The summed E-state index contributed by atoms with van der Waals surface area (Å²) in [7, 11) is 0. The highest BCUT2D eigenvalue weighted by molar-refractivity contribution is 7.09. The van der Waals surface area contributed by atoms with Gasteiger partial charge in [0.1, 0.15) is 10.9 Å². The Kier molecular flexibility index (Phi) is 7.54. The lowest BCUT2D eigenvalue weighted by atomic mass is 9.97. The van der Waals surface area contributed by atoms with E-state index in [1.54, 1.807) is 6.20 Å². The summed E-state index contributed by atoms with van der Waals surface area (Å²) in [5.74, 6) is -1.74. The third kappa shape index (κ3) is 5.12. The maximum Gasteiger partial charge on any atom is 0.273 e. The Balaban J connectivity index is 1.95. The van der Waals surface area contributed by atoms with Crippen LogP contribution in [0.2, 0.25) is 0 Å². The molecule has 2 heterocycles. The van der Waals surface area contributed by atoms with Crippen molar-refractivity contribution in [3.8, 4) is 0 Å². The highest BCUT2D eigenvalue weighted by Gasteiger charge is 2.38. The van der Waals surface area contributed by atoms with Gasteiger partial charge in [-0.3, -0.25) is 19.3 Å². The standard InChI is InChI=1S/C28H32N6O3S/c1-5-16-11-13-17(14-12-16)34(27(37)24-21(29)22(25(30)35)33-38-24)23(26(36)32-28(3,4)6-2)19-15-31-20-10-8-7-9-18(19)20/h7-15,23,31H,5-6,29H2,1-4H3,(H2,30,35)(H,32,36)/t23-/m0/s1. The van der Waals surface area contributed by atoms with Gasteiger partial charge in [-0.2, -0.15) is 4.37 Å². The average molecular weight is 533 g/mol. The Morgan fingerprint density at radius 3 is 2.39 bits per heavy atom. The van der Waals surface area contributed by atoms with Gasteiger partial charge < -0.3 is 21.8 Å². The molecule has 198 valence electrons. The van der Waals surface area contributed by atoms with Gasteiger partial charge in [-0.1, -0.05) is 44.2 Å². The first-order valence-electron chi connectivity index (χ1n) is 12.4. The SMILES string of the molecule is CCc1ccc(N(C(=O)c2snc(C(N)=O)c2N)[C@H](C(=O)NC(C)(C)CC)c2c[nH]c3ccccc23)cc1. The van der Waals surface area contributed by atoms with Crippen LogP contribution in [-0.2, 0) is 11.2 Å². The molecule has 0 aliphatic heterocycles. The number of hydrogen-bond donors (Lipinski definition) is 4. The molecule has 6 N–H and O–H groups in total. The van der Waals surface area contributed by atoms with E-state index in [1.165, 1.54) is 4.90 Å². The van der Waals surface area contributed by atoms with E-state index in [0.29, 0.717) is 17.7 Å². The molecule has 0 unspecified atom stereocenters. The van der Waals surface area contributed by atoms with Crippen LogP contribution >= 0.6 is 11.5 Å². The number of rotatable bonds is 9. The molecule has 2 aromatic carbocycles. The van der Waals surface area contributed by atoms with Gasteiger partial charge in [-0.15, -0.1) is 0 Å². The molecule has 0 aliphatic rings. The number of nitrogen functional groups attached to an aromatic ring is 1. The zero-order valence-electron chi connectivity index (χ0n) is 21.9. The summed E-state index contributed by atoms with van der Waals surface area (Å²) in [4.78, 5) is 44.8. The van der Waals surface area contributed by atoms with E-state index < -0.39 is 23.4 Å².